The van der Waals surface area contributed by atoms with Gasteiger partial charge in [-0.3, -0.25) is 9.59 Å². The molecule has 0 aliphatic carbocycles. The lowest BCUT2D eigenvalue weighted by Crippen LogP contribution is -2.47. The van der Waals surface area contributed by atoms with E-state index >= 15 is 0 Å². The van der Waals surface area contributed by atoms with E-state index in [1.54, 1.807) is 50.2 Å². The molecule has 9 heteroatoms. The van der Waals surface area contributed by atoms with Gasteiger partial charge in [0.05, 0.1) is 38.9 Å². The van der Waals surface area contributed by atoms with Crippen LogP contribution in [-0.2, 0) is 20.2 Å². The lowest BCUT2D eigenvalue weighted by molar-refractivity contribution is -0.139. The van der Waals surface area contributed by atoms with Gasteiger partial charge in [0.25, 0.3) is 0 Å². The van der Waals surface area contributed by atoms with Crippen LogP contribution in [-0.4, -0.2) is 27.8 Å². The number of benzene rings is 2. The zero-order valence-corrected chi connectivity index (χ0v) is 17.6. The van der Waals surface area contributed by atoms with Gasteiger partial charge in [0.1, 0.15) is 6.04 Å². The average Bonchev–Trinajstić information content (AvgIpc) is 2.64. The zero-order chi connectivity index (χ0) is 20.9. The summed E-state index contributed by atoms with van der Waals surface area (Å²) in [4.78, 5) is 23.3. The zero-order valence-electron chi connectivity index (χ0n) is 15.2. The summed E-state index contributed by atoms with van der Waals surface area (Å²) < 4.78 is 4.21. The molecule has 0 aliphatic rings. The van der Waals surface area contributed by atoms with Gasteiger partial charge in [-0.05, 0) is 37.6 Å². The molecule has 0 unspecified atom stereocenters. The molecule has 0 radical (unpaired) electrons. The molecule has 0 spiro atoms. The van der Waals surface area contributed by atoms with E-state index in [9.17, 15) is 9.59 Å². The maximum Gasteiger partial charge on any atom is 0.322 e. The summed E-state index contributed by atoms with van der Waals surface area (Å²) in [6.45, 7) is 3.19. The second-order valence-electron chi connectivity index (χ2n) is 6.51. The normalized spacial score (nSPS) is 12.3. The number of nitrogens with two attached hydrogens (primary N) is 1. The molecule has 0 heterocycles. The summed E-state index contributed by atoms with van der Waals surface area (Å²) in [6, 6.07) is 11.1. The van der Waals surface area contributed by atoms with Gasteiger partial charge < -0.3 is 20.3 Å². The highest BCUT2D eigenvalue weighted by molar-refractivity contribution is 7.96. The Balaban J connectivity index is 2.09. The van der Waals surface area contributed by atoms with E-state index in [-0.39, 0.29) is 6.42 Å². The molecule has 0 aromatic heterocycles. The Morgan fingerprint density at radius 3 is 2.39 bits per heavy atom. The number of anilines is 2. The van der Waals surface area contributed by atoms with E-state index in [0.29, 0.717) is 27.0 Å². The highest BCUT2D eigenvalue weighted by atomic mass is 35.5. The molecule has 2 aromatic carbocycles. The second kappa shape index (κ2) is 9.52. The van der Waals surface area contributed by atoms with Crippen LogP contribution in [0.25, 0.3) is 0 Å². The maximum atomic E-state index is 12.3. The molecule has 0 saturated heterocycles. The highest BCUT2D eigenvalue weighted by Gasteiger charge is 2.35. The van der Waals surface area contributed by atoms with Crippen molar-refractivity contribution in [1.82, 2.24) is 0 Å². The minimum Gasteiger partial charge on any atom is -0.480 e. The van der Waals surface area contributed by atoms with Crippen LogP contribution in [0.4, 0.5) is 11.4 Å². The van der Waals surface area contributed by atoms with Crippen molar-refractivity contribution < 1.29 is 18.9 Å². The summed E-state index contributed by atoms with van der Waals surface area (Å²) in [7, 11) is 0. The molecular formula is C19H20Cl2N2O4S. The van der Waals surface area contributed by atoms with Crippen LogP contribution < -0.4 is 11.1 Å². The number of hydrogen-bond acceptors (Lipinski definition) is 6. The van der Waals surface area contributed by atoms with Gasteiger partial charge in [0, 0.05) is 5.69 Å². The quantitative estimate of drug-likeness (QED) is 0.510. The van der Waals surface area contributed by atoms with Crippen LogP contribution in [0.2, 0.25) is 10.0 Å². The Bertz CT molecular complexity index is 857. The van der Waals surface area contributed by atoms with E-state index in [1.807, 2.05) is 6.07 Å². The Morgan fingerprint density at radius 2 is 1.79 bits per heavy atom. The minimum atomic E-state index is -1.18. The monoisotopic (exact) mass is 442 g/mol. The predicted octanol–water partition coefficient (Wildman–Crippen LogP) is 4.66. The first-order valence-corrected chi connectivity index (χ1v) is 9.77. The first-order chi connectivity index (χ1) is 13.1. The fraction of sp³-hybridized carbons (Fsp3) is 0.263. The molecule has 0 amide bonds. The van der Waals surface area contributed by atoms with Gasteiger partial charge >= 0.3 is 11.9 Å². The van der Waals surface area contributed by atoms with Gasteiger partial charge in [-0.15, -0.1) is 0 Å². The summed E-state index contributed by atoms with van der Waals surface area (Å²) in [5.41, 5.74) is 7.49. The molecule has 150 valence electrons. The largest absolute Gasteiger partial charge is 0.480 e. The molecule has 1 atom stereocenters. The average molecular weight is 443 g/mol. The van der Waals surface area contributed by atoms with Crippen LogP contribution in [0.15, 0.2) is 42.5 Å². The molecule has 2 aromatic rings. The number of carbonyl (C=O) groups is 2. The number of rotatable bonds is 8. The highest BCUT2D eigenvalue weighted by Crippen LogP contribution is 2.34. The summed E-state index contributed by atoms with van der Waals surface area (Å²) in [6.07, 6.45) is -0.0311. The number of carboxylic acids is 1. The molecular weight excluding hydrogens is 423 g/mol. The van der Waals surface area contributed by atoms with Gasteiger partial charge in [0.15, 0.2) is 0 Å². The number of halogens is 2. The van der Waals surface area contributed by atoms with Crippen molar-refractivity contribution in [3.63, 3.8) is 0 Å². The number of para-hydroxylation sites is 2. The third-order valence-corrected chi connectivity index (χ3v) is 5.52. The van der Waals surface area contributed by atoms with Crippen molar-refractivity contribution in [1.29, 1.82) is 0 Å². The molecule has 0 bridgehead atoms. The number of carboxylic acid groups (broad SMARTS) is 1. The fourth-order valence-corrected chi connectivity index (χ4v) is 3.30. The summed E-state index contributed by atoms with van der Waals surface area (Å²) >= 11 is 13.1. The van der Waals surface area contributed by atoms with Crippen LogP contribution >= 0.6 is 35.2 Å². The molecule has 0 fully saturated rings. The lowest BCUT2D eigenvalue weighted by atomic mass is 10.1. The van der Waals surface area contributed by atoms with E-state index in [2.05, 4.69) is 5.32 Å². The molecule has 2 rings (SSSR count). The van der Waals surface area contributed by atoms with Crippen molar-refractivity contribution in [2.45, 2.75) is 31.1 Å². The van der Waals surface area contributed by atoms with Crippen LogP contribution in [0.1, 0.15) is 19.4 Å². The van der Waals surface area contributed by atoms with Gasteiger partial charge in [0.2, 0.25) is 0 Å². The van der Waals surface area contributed by atoms with Crippen molar-refractivity contribution >= 4 is 58.6 Å². The van der Waals surface area contributed by atoms with Crippen molar-refractivity contribution in [3.05, 3.63) is 58.1 Å². The number of hydrogen-bond donors (Lipinski definition) is 3. The minimum absolute atomic E-state index is 0.0311. The smallest absolute Gasteiger partial charge is 0.322 e. The van der Waals surface area contributed by atoms with E-state index < -0.39 is 22.7 Å². The molecule has 6 nitrogen and oxygen atoms in total. The molecule has 28 heavy (non-hydrogen) atoms. The van der Waals surface area contributed by atoms with Gasteiger partial charge in [-0.2, -0.15) is 0 Å². The van der Waals surface area contributed by atoms with Crippen molar-refractivity contribution in [2.24, 2.45) is 5.73 Å². The van der Waals surface area contributed by atoms with Gasteiger partial charge in [-0.25, -0.2) is 0 Å². The third-order valence-electron chi connectivity index (χ3n) is 3.94. The van der Waals surface area contributed by atoms with Crippen molar-refractivity contribution in [2.75, 3.05) is 5.32 Å². The SMILES string of the molecule is CC(C)(SOC(=O)Cc1ccccc1Nc1c(Cl)cccc1Cl)[C@H](N)C(=O)O. The first-order valence-electron chi connectivity index (χ1n) is 8.27. The number of aliphatic carboxylic acids is 1. The van der Waals surface area contributed by atoms with Crippen LogP contribution in [0, 0.1) is 0 Å². The van der Waals surface area contributed by atoms with Crippen molar-refractivity contribution in [3.8, 4) is 0 Å². The third kappa shape index (κ3) is 5.78. The number of carbonyl (C=O) groups excluding carboxylic acids is 1. The standard InChI is InChI=1S/C19H20Cl2N2O4S/c1-19(2,17(22)18(25)26)28-27-15(24)10-11-6-3-4-9-14(11)23-16-12(20)7-5-8-13(16)21/h3-9,17,23H,10,22H2,1-2H3,(H,25,26)/t17-/m1/s1. The molecule has 0 saturated carbocycles. The predicted molar refractivity (Wildman–Crippen MR) is 113 cm³/mol. The topological polar surface area (TPSA) is 102 Å². The second-order valence-corrected chi connectivity index (χ2v) is 8.71. The fourth-order valence-electron chi connectivity index (χ4n) is 2.24. The Labute approximate surface area is 177 Å². The van der Waals surface area contributed by atoms with E-state index in [0.717, 1.165) is 12.0 Å². The lowest BCUT2D eigenvalue weighted by Gasteiger charge is -2.25. The molecule has 4 N–H and O–H groups in total. The summed E-state index contributed by atoms with van der Waals surface area (Å²) in [5, 5.41) is 13.1. The van der Waals surface area contributed by atoms with E-state index in [4.69, 9.17) is 38.2 Å². The Hall–Kier alpha value is -1.93. The first kappa shape index (κ1) is 22.4. The van der Waals surface area contributed by atoms with E-state index in [1.165, 1.54) is 0 Å². The Kier molecular flexibility index (Phi) is 7.60. The van der Waals surface area contributed by atoms with Crippen LogP contribution in [0.5, 0.6) is 0 Å². The Morgan fingerprint density at radius 1 is 1.18 bits per heavy atom. The maximum absolute atomic E-state index is 12.3. The van der Waals surface area contributed by atoms with Crippen LogP contribution in [0.3, 0.4) is 0 Å². The number of nitrogens with one attached hydrogen (secondary N) is 1. The molecule has 0 aliphatic heterocycles. The van der Waals surface area contributed by atoms with Gasteiger partial charge in [-0.1, -0.05) is 47.5 Å². The summed E-state index contributed by atoms with van der Waals surface area (Å²) in [5.74, 6) is -1.70.